The average molecular weight is 411 g/mol. The van der Waals surface area contributed by atoms with Crippen molar-refractivity contribution in [2.75, 3.05) is 19.6 Å². The number of amides is 1. The van der Waals surface area contributed by atoms with Gasteiger partial charge in [-0.15, -0.1) is 0 Å². The van der Waals surface area contributed by atoms with E-state index in [0.29, 0.717) is 13.0 Å². The zero-order valence-corrected chi connectivity index (χ0v) is 18.1. The molecule has 1 saturated heterocycles. The highest BCUT2D eigenvalue weighted by molar-refractivity contribution is 5.78. The minimum Gasteiger partial charge on any atom is -0.508 e. The number of aliphatic hydroxyl groups is 1. The lowest BCUT2D eigenvalue weighted by Crippen LogP contribution is -2.43. The van der Waals surface area contributed by atoms with Crippen molar-refractivity contribution in [3.63, 3.8) is 0 Å². The molecule has 2 aromatic rings. The third-order valence-corrected chi connectivity index (χ3v) is 5.75. The average Bonchev–Trinajstić information content (AvgIpc) is 2.73. The van der Waals surface area contributed by atoms with Crippen LogP contribution in [0.15, 0.2) is 48.5 Å². The van der Waals surface area contributed by atoms with E-state index in [0.717, 1.165) is 43.5 Å². The van der Waals surface area contributed by atoms with Gasteiger partial charge >= 0.3 is 0 Å². The van der Waals surface area contributed by atoms with Crippen molar-refractivity contribution in [2.45, 2.75) is 57.6 Å². The summed E-state index contributed by atoms with van der Waals surface area (Å²) < 4.78 is 0. The number of hydrogen-bond donors (Lipinski definition) is 3. The normalized spacial score (nSPS) is 15.8. The largest absolute Gasteiger partial charge is 0.508 e. The lowest BCUT2D eigenvalue weighted by molar-refractivity contribution is -0.131. The number of piperidine rings is 1. The van der Waals surface area contributed by atoms with Crippen molar-refractivity contribution in [3.8, 4) is 5.75 Å². The Morgan fingerprint density at radius 1 is 1.07 bits per heavy atom. The van der Waals surface area contributed by atoms with Gasteiger partial charge in [0.05, 0.1) is 12.5 Å². The molecule has 1 amide bonds. The number of nitrogens with zero attached hydrogens (tertiary/aromatic N) is 1. The Labute approximate surface area is 179 Å². The number of nitrogens with one attached hydrogen (secondary N) is 1. The topological polar surface area (TPSA) is 72.8 Å². The van der Waals surface area contributed by atoms with Crippen LogP contribution in [0, 0.1) is 0 Å². The SMILES string of the molecule is CC(C)(Cc1cccc(CC(=O)N2CCCCC2)c1)NCC(O)c1ccc(O)cc1. The number of likely N-dealkylation sites (tertiary alicyclic amines) is 1. The molecule has 0 aromatic heterocycles. The standard InChI is InChI=1S/C25H34N2O3/c1-25(2,26-18-23(29)21-9-11-22(28)12-10-21)17-20-8-6-7-19(15-20)16-24(30)27-13-4-3-5-14-27/h6-12,15,23,26,28-29H,3-5,13-14,16-18H2,1-2H3. The summed E-state index contributed by atoms with van der Waals surface area (Å²) in [6.07, 6.45) is 4.06. The number of hydrogen-bond acceptors (Lipinski definition) is 4. The fraction of sp³-hybridized carbons (Fsp3) is 0.480. The van der Waals surface area contributed by atoms with Gasteiger partial charge in [-0.25, -0.2) is 0 Å². The smallest absolute Gasteiger partial charge is 0.226 e. The number of benzene rings is 2. The number of rotatable bonds is 8. The summed E-state index contributed by atoms with van der Waals surface area (Å²) in [6, 6.07) is 14.9. The molecule has 3 rings (SSSR count). The molecule has 3 N–H and O–H groups in total. The van der Waals surface area contributed by atoms with Crippen molar-refractivity contribution in [2.24, 2.45) is 0 Å². The molecule has 30 heavy (non-hydrogen) atoms. The molecule has 0 radical (unpaired) electrons. The number of carbonyl (C=O) groups is 1. The number of phenolic OH excluding ortho intramolecular Hbond substituents is 1. The number of carbonyl (C=O) groups excluding carboxylic acids is 1. The Bertz CT molecular complexity index is 827. The molecule has 1 unspecified atom stereocenters. The van der Waals surface area contributed by atoms with Crippen molar-refractivity contribution in [1.29, 1.82) is 0 Å². The van der Waals surface area contributed by atoms with Crippen LogP contribution in [-0.2, 0) is 17.6 Å². The van der Waals surface area contributed by atoms with Crippen LogP contribution in [0.2, 0.25) is 0 Å². The van der Waals surface area contributed by atoms with E-state index in [1.165, 1.54) is 12.0 Å². The van der Waals surface area contributed by atoms with Crippen LogP contribution in [0.5, 0.6) is 5.75 Å². The van der Waals surface area contributed by atoms with Gasteiger partial charge in [-0.2, -0.15) is 0 Å². The molecule has 1 heterocycles. The summed E-state index contributed by atoms with van der Waals surface area (Å²) in [6.45, 7) is 6.42. The predicted octanol–water partition coefficient (Wildman–Crippen LogP) is 3.59. The van der Waals surface area contributed by atoms with Crippen molar-refractivity contribution >= 4 is 5.91 Å². The molecule has 0 bridgehead atoms. The maximum atomic E-state index is 12.6. The van der Waals surface area contributed by atoms with Gasteiger partial charge in [0.25, 0.3) is 0 Å². The zero-order valence-electron chi connectivity index (χ0n) is 18.1. The van der Waals surface area contributed by atoms with E-state index in [4.69, 9.17) is 0 Å². The predicted molar refractivity (Wildman–Crippen MR) is 119 cm³/mol. The zero-order chi connectivity index (χ0) is 21.6. The highest BCUT2D eigenvalue weighted by atomic mass is 16.3. The van der Waals surface area contributed by atoms with E-state index in [1.807, 2.05) is 17.0 Å². The highest BCUT2D eigenvalue weighted by Gasteiger charge is 2.21. The Morgan fingerprint density at radius 2 is 1.73 bits per heavy atom. The van der Waals surface area contributed by atoms with Crippen LogP contribution in [0.4, 0.5) is 0 Å². The first-order valence-electron chi connectivity index (χ1n) is 10.9. The molecular weight excluding hydrogens is 376 g/mol. The van der Waals surface area contributed by atoms with Crippen LogP contribution >= 0.6 is 0 Å². The molecule has 162 valence electrons. The van der Waals surface area contributed by atoms with Gasteiger partial charge in [0, 0.05) is 25.2 Å². The summed E-state index contributed by atoms with van der Waals surface area (Å²) in [5.74, 6) is 0.416. The van der Waals surface area contributed by atoms with E-state index >= 15 is 0 Å². The first-order chi connectivity index (χ1) is 14.3. The second kappa shape index (κ2) is 10.1. The third-order valence-electron chi connectivity index (χ3n) is 5.75. The second-order valence-corrected chi connectivity index (χ2v) is 8.99. The minimum absolute atomic E-state index is 0.192. The van der Waals surface area contributed by atoms with Crippen molar-refractivity contribution in [1.82, 2.24) is 10.2 Å². The molecule has 5 heteroatoms. The molecule has 1 aliphatic heterocycles. The van der Waals surface area contributed by atoms with E-state index < -0.39 is 6.10 Å². The van der Waals surface area contributed by atoms with Crippen molar-refractivity contribution < 1.29 is 15.0 Å². The van der Waals surface area contributed by atoms with E-state index in [9.17, 15) is 15.0 Å². The van der Waals surface area contributed by atoms with Gasteiger partial charge in [-0.05, 0) is 68.4 Å². The van der Waals surface area contributed by atoms with Gasteiger partial charge in [0.1, 0.15) is 5.75 Å². The van der Waals surface area contributed by atoms with Gasteiger partial charge in [0.15, 0.2) is 0 Å². The maximum Gasteiger partial charge on any atom is 0.226 e. The number of phenols is 1. The lowest BCUT2D eigenvalue weighted by Gasteiger charge is -2.29. The van der Waals surface area contributed by atoms with Crippen LogP contribution < -0.4 is 5.32 Å². The summed E-state index contributed by atoms with van der Waals surface area (Å²) in [5.41, 5.74) is 2.79. The molecule has 5 nitrogen and oxygen atoms in total. The van der Waals surface area contributed by atoms with E-state index in [2.05, 4.69) is 31.3 Å². The number of β-amino-alcohol motifs (C(OH)–C–C–N with tert-alkyl or cyclic N) is 1. The van der Waals surface area contributed by atoms with Gasteiger partial charge in [-0.3, -0.25) is 4.79 Å². The Balaban J connectivity index is 1.54. The monoisotopic (exact) mass is 410 g/mol. The Kier molecular flexibility index (Phi) is 7.51. The quantitative estimate of drug-likeness (QED) is 0.622. The second-order valence-electron chi connectivity index (χ2n) is 8.99. The molecule has 1 atom stereocenters. The molecule has 0 aliphatic carbocycles. The summed E-state index contributed by atoms with van der Waals surface area (Å²) in [5, 5.41) is 23.3. The fourth-order valence-corrected chi connectivity index (χ4v) is 4.04. The fourth-order valence-electron chi connectivity index (χ4n) is 4.04. The van der Waals surface area contributed by atoms with Crippen LogP contribution in [0.1, 0.15) is 55.9 Å². The summed E-state index contributed by atoms with van der Waals surface area (Å²) >= 11 is 0. The highest BCUT2D eigenvalue weighted by Crippen LogP contribution is 2.19. The molecule has 2 aromatic carbocycles. The van der Waals surface area contributed by atoms with Crippen molar-refractivity contribution in [3.05, 3.63) is 65.2 Å². The Hall–Kier alpha value is -2.37. The minimum atomic E-state index is -0.640. The van der Waals surface area contributed by atoms with Gasteiger partial charge in [-0.1, -0.05) is 36.4 Å². The number of aromatic hydroxyl groups is 1. The molecular formula is C25H34N2O3. The van der Waals surface area contributed by atoms with Crippen LogP contribution in [0.25, 0.3) is 0 Å². The van der Waals surface area contributed by atoms with E-state index in [1.54, 1.807) is 24.3 Å². The van der Waals surface area contributed by atoms with Gasteiger partial charge < -0.3 is 20.4 Å². The molecule has 1 aliphatic rings. The lowest BCUT2D eigenvalue weighted by atomic mass is 9.93. The molecule has 0 spiro atoms. The van der Waals surface area contributed by atoms with Crippen LogP contribution in [0.3, 0.4) is 0 Å². The summed E-state index contributed by atoms with van der Waals surface area (Å²) in [7, 11) is 0. The van der Waals surface area contributed by atoms with Crippen LogP contribution in [-0.4, -0.2) is 46.2 Å². The first-order valence-corrected chi connectivity index (χ1v) is 10.9. The third kappa shape index (κ3) is 6.57. The maximum absolute atomic E-state index is 12.6. The summed E-state index contributed by atoms with van der Waals surface area (Å²) in [4.78, 5) is 14.6. The molecule has 1 fully saturated rings. The Morgan fingerprint density at radius 3 is 2.43 bits per heavy atom. The first kappa shape index (κ1) is 22.3. The van der Waals surface area contributed by atoms with Gasteiger partial charge in [0.2, 0.25) is 5.91 Å². The number of aliphatic hydroxyl groups excluding tert-OH is 1. The van der Waals surface area contributed by atoms with E-state index in [-0.39, 0.29) is 17.2 Å². The molecule has 0 saturated carbocycles.